The van der Waals surface area contributed by atoms with Crippen molar-refractivity contribution in [3.63, 3.8) is 0 Å². The van der Waals surface area contributed by atoms with Crippen LogP contribution in [0.25, 0.3) is 0 Å². The second-order valence-corrected chi connectivity index (χ2v) is 9.11. The SMILES string of the molecule is COc1cnccc1CN1C(=O)N(c2ccc(S(=O)(=O)C(F)(F)F)cc2)C(=O)C12CC2. The van der Waals surface area contributed by atoms with Crippen molar-refractivity contribution in [3.8, 4) is 5.75 Å². The van der Waals surface area contributed by atoms with Crippen LogP contribution >= 0.6 is 0 Å². The van der Waals surface area contributed by atoms with Crippen LogP contribution in [0.5, 0.6) is 5.75 Å². The number of pyridine rings is 1. The van der Waals surface area contributed by atoms with Crippen molar-refractivity contribution < 1.29 is 35.9 Å². The summed E-state index contributed by atoms with van der Waals surface area (Å²) < 4.78 is 66.6. The van der Waals surface area contributed by atoms with Gasteiger partial charge >= 0.3 is 11.5 Å². The maximum Gasteiger partial charge on any atom is 0.501 e. The summed E-state index contributed by atoms with van der Waals surface area (Å²) in [7, 11) is -4.08. The summed E-state index contributed by atoms with van der Waals surface area (Å²) in [6, 6.07) is 4.50. The highest BCUT2D eigenvalue weighted by atomic mass is 32.2. The molecule has 2 aliphatic rings. The third-order valence-corrected chi connectivity index (χ3v) is 6.89. The molecular formula is C19H16F3N3O5S. The molecule has 0 atom stereocenters. The molecule has 1 aliphatic carbocycles. The zero-order chi connectivity index (χ0) is 22.6. The van der Waals surface area contributed by atoms with Crippen molar-refractivity contribution in [3.05, 3.63) is 48.3 Å². The van der Waals surface area contributed by atoms with Crippen molar-refractivity contribution in [2.45, 2.75) is 35.3 Å². The Bertz CT molecular complexity index is 1160. The number of alkyl halides is 3. The molecule has 2 fully saturated rings. The minimum absolute atomic E-state index is 0.00778. The fraction of sp³-hybridized carbons (Fsp3) is 0.316. The quantitative estimate of drug-likeness (QED) is 0.644. The summed E-state index contributed by atoms with van der Waals surface area (Å²) in [6.07, 6.45) is 3.90. The molecule has 12 heteroatoms. The van der Waals surface area contributed by atoms with E-state index in [0.717, 1.165) is 29.2 Å². The fourth-order valence-electron chi connectivity index (χ4n) is 3.56. The van der Waals surface area contributed by atoms with Crippen LogP contribution in [-0.2, 0) is 21.2 Å². The molecule has 1 saturated heterocycles. The van der Waals surface area contributed by atoms with E-state index in [9.17, 15) is 31.2 Å². The number of urea groups is 1. The molecule has 2 heterocycles. The Kier molecular flexibility index (Phi) is 4.72. The number of carbonyl (C=O) groups is 2. The average molecular weight is 455 g/mol. The summed E-state index contributed by atoms with van der Waals surface area (Å²) in [5, 5.41) is 0. The second-order valence-electron chi connectivity index (χ2n) is 7.17. The first-order chi connectivity index (χ1) is 14.5. The van der Waals surface area contributed by atoms with E-state index < -0.39 is 37.7 Å². The minimum atomic E-state index is -5.53. The lowest BCUT2D eigenvalue weighted by atomic mass is 10.2. The highest BCUT2D eigenvalue weighted by Gasteiger charge is 2.65. The topological polar surface area (TPSA) is 96.9 Å². The van der Waals surface area contributed by atoms with Gasteiger partial charge in [0.1, 0.15) is 11.3 Å². The molecule has 2 aromatic rings. The van der Waals surface area contributed by atoms with Gasteiger partial charge in [0.15, 0.2) is 0 Å². The number of methoxy groups -OCH3 is 1. The highest BCUT2D eigenvalue weighted by molar-refractivity contribution is 7.92. The second kappa shape index (κ2) is 6.94. The summed E-state index contributed by atoms with van der Waals surface area (Å²) in [4.78, 5) is 31.4. The predicted octanol–water partition coefficient (Wildman–Crippen LogP) is 2.89. The van der Waals surface area contributed by atoms with Gasteiger partial charge in [-0.3, -0.25) is 9.78 Å². The Morgan fingerprint density at radius 3 is 2.32 bits per heavy atom. The lowest BCUT2D eigenvalue weighted by Crippen LogP contribution is -2.36. The van der Waals surface area contributed by atoms with E-state index in [1.807, 2.05) is 0 Å². The van der Waals surface area contributed by atoms with Gasteiger partial charge in [-0.05, 0) is 43.2 Å². The molecule has 1 aromatic heterocycles. The third kappa shape index (κ3) is 3.21. The Balaban J connectivity index is 1.65. The molecule has 1 saturated carbocycles. The zero-order valence-corrected chi connectivity index (χ0v) is 16.9. The first-order valence-electron chi connectivity index (χ1n) is 9.07. The van der Waals surface area contributed by atoms with Gasteiger partial charge in [0.05, 0.1) is 30.4 Å². The number of aromatic nitrogens is 1. The monoisotopic (exact) mass is 455 g/mol. The molecular weight excluding hydrogens is 439 g/mol. The van der Waals surface area contributed by atoms with Gasteiger partial charge in [0.25, 0.3) is 15.7 Å². The van der Waals surface area contributed by atoms with E-state index in [4.69, 9.17) is 4.74 Å². The van der Waals surface area contributed by atoms with Crippen molar-refractivity contribution in [2.75, 3.05) is 12.0 Å². The van der Waals surface area contributed by atoms with Crippen molar-refractivity contribution >= 4 is 27.5 Å². The molecule has 0 N–H and O–H groups in total. The molecule has 0 bridgehead atoms. The molecule has 1 aliphatic heterocycles. The molecule has 1 spiro atoms. The summed E-state index contributed by atoms with van der Waals surface area (Å²) in [6.45, 7) is 0.0767. The molecule has 31 heavy (non-hydrogen) atoms. The van der Waals surface area contributed by atoms with Gasteiger partial charge in [-0.2, -0.15) is 13.2 Å². The van der Waals surface area contributed by atoms with E-state index in [2.05, 4.69) is 4.98 Å². The summed E-state index contributed by atoms with van der Waals surface area (Å²) in [5.74, 6) is -0.0596. The number of ether oxygens (including phenoxy) is 1. The lowest BCUT2D eigenvalue weighted by Gasteiger charge is -2.22. The number of sulfone groups is 1. The van der Waals surface area contributed by atoms with Crippen molar-refractivity contribution in [1.82, 2.24) is 9.88 Å². The summed E-state index contributed by atoms with van der Waals surface area (Å²) >= 11 is 0. The zero-order valence-electron chi connectivity index (χ0n) is 16.1. The van der Waals surface area contributed by atoms with Crippen molar-refractivity contribution in [2.24, 2.45) is 0 Å². The largest absolute Gasteiger partial charge is 0.501 e. The molecule has 3 amide bonds. The van der Waals surface area contributed by atoms with Gasteiger partial charge in [0, 0.05) is 11.8 Å². The van der Waals surface area contributed by atoms with Gasteiger partial charge in [-0.25, -0.2) is 18.1 Å². The summed E-state index contributed by atoms with van der Waals surface area (Å²) in [5.41, 5.74) is -5.85. The number of amides is 3. The number of hydrogen-bond donors (Lipinski definition) is 0. The predicted molar refractivity (Wildman–Crippen MR) is 101 cm³/mol. The van der Waals surface area contributed by atoms with Gasteiger partial charge in [-0.15, -0.1) is 0 Å². The van der Waals surface area contributed by atoms with E-state index in [1.165, 1.54) is 24.4 Å². The van der Waals surface area contributed by atoms with Crippen LogP contribution in [-0.4, -0.2) is 48.4 Å². The van der Waals surface area contributed by atoms with Gasteiger partial charge < -0.3 is 9.64 Å². The van der Waals surface area contributed by atoms with Crippen LogP contribution in [0.1, 0.15) is 18.4 Å². The molecule has 0 unspecified atom stereocenters. The first-order valence-corrected chi connectivity index (χ1v) is 10.6. The number of hydrogen-bond acceptors (Lipinski definition) is 6. The van der Waals surface area contributed by atoms with Gasteiger partial charge in [-0.1, -0.05) is 0 Å². The van der Waals surface area contributed by atoms with E-state index in [0.29, 0.717) is 24.2 Å². The van der Waals surface area contributed by atoms with E-state index in [-0.39, 0.29) is 12.2 Å². The van der Waals surface area contributed by atoms with Crippen LogP contribution in [0.3, 0.4) is 0 Å². The van der Waals surface area contributed by atoms with E-state index in [1.54, 1.807) is 6.07 Å². The lowest BCUT2D eigenvalue weighted by molar-refractivity contribution is -0.120. The number of carbonyl (C=O) groups excluding carboxylic acids is 2. The molecule has 4 rings (SSSR count). The molecule has 164 valence electrons. The fourth-order valence-corrected chi connectivity index (χ4v) is 4.33. The van der Waals surface area contributed by atoms with Gasteiger partial charge in [0.2, 0.25) is 0 Å². The number of benzene rings is 1. The first kappa shape index (κ1) is 21.1. The number of anilines is 1. The third-order valence-electron chi connectivity index (χ3n) is 5.39. The van der Waals surface area contributed by atoms with Crippen LogP contribution < -0.4 is 9.64 Å². The number of rotatable bonds is 5. The van der Waals surface area contributed by atoms with E-state index >= 15 is 0 Å². The maximum absolute atomic E-state index is 13.1. The Morgan fingerprint density at radius 2 is 1.77 bits per heavy atom. The number of imide groups is 1. The smallest absolute Gasteiger partial charge is 0.495 e. The Hall–Kier alpha value is -3.15. The Labute approximate surface area is 175 Å². The highest BCUT2D eigenvalue weighted by Crippen LogP contribution is 2.50. The molecule has 0 radical (unpaired) electrons. The standard InChI is InChI=1S/C19H16F3N3O5S/c1-30-15-10-23-9-6-12(15)11-24-17(27)25(16(26)18(24)7-8-18)13-2-4-14(5-3-13)31(28,29)19(20,21)22/h2-6,9-10H,7-8,11H2,1H3. The molecule has 1 aromatic carbocycles. The minimum Gasteiger partial charge on any atom is -0.495 e. The van der Waals surface area contributed by atoms with Crippen molar-refractivity contribution in [1.29, 1.82) is 0 Å². The number of halogens is 3. The normalized spacial score (nSPS) is 18.1. The van der Waals surface area contributed by atoms with Crippen LogP contribution in [0.4, 0.5) is 23.7 Å². The van der Waals surface area contributed by atoms with Crippen LogP contribution in [0.15, 0.2) is 47.6 Å². The average Bonchev–Trinajstić information content (AvgIpc) is 3.50. The van der Waals surface area contributed by atoms with Crippen LogP contribution in [0, 0.1) is 0 Å². The Morgan fingerprint density at radius 1 is 1.13 bits per heavy atom. The maximum atomic E-state index is 13.1. The van der Waals surface area contributed by atoms with Crippen LogP contribution in [0.2, 0.25) is 0 Å². The molecule has 8 nitrogen and oxygen atoms in total. The number of nitrogens with zero attached hydrogens (tertiary/aromatic N) is 3.